The molecule has 10 heavy (non-hydrogen) atoms. The molecule has 0 aliphatic carbocycles. The highest BCUT2D eigenvalue weighted by atomic mass is 19.3. The van der Waals surface area contributed by atoms with Crippen LogP contribution in [-0.2, 0) is 0 Å². The maximum absolute atomic E-state index is 12.0. The van der Waals surface area contributed by atoms with Crippen LogP contribution in [0.5, 0.6) is 0 Å². The fourth-order valence-electron chi connectivity index (χ4n) is 0.228. The van der Waals surface area contributed by atoms with Gasteiger partial charge >= 0.3 is 6.05 Å². The molecule has 5 nitrogen and oxygen atoms in total. The second kappa shape index (κ2) is 2.54. The van der Waals surface area contributed by atoms with Gasteiger partial charge in [-0.2, -0.15) is 0 Å². The molecule has 0 heterocycles. The molecule has 0 aromatic heterocycles. The minimum Gasteiger partial charge on any atom is -0.376 e. The molecule has 0 amide bonds. The maximum atomic E-state index is 12.0. The Labute approximate surface area is 54.7 Å². The van der Waals surface area contributed by atoms with Crippen molar-refractivity contribution >= 4 is 5.84 Å². The normalized spacial score (nSPS) is 13.3. The van der Waals surface area contributed by atoms with Gasteiger partial charge in [-0.3, -0.25) is 15.1 Å². The predicted molar refractivity (Wildman–Crippen MR) is 29.5 cm³/mol. The molecule has 7 heteroatoms. The number of alkyl halides is 2. The van der Waals surface area contributed by atoms with Crippen molar-refractivity contribution in [2.75, 3.05) is 7.05 Å². The molecule has 0 saturated heterocycles. The summed E-state index contributed by atoms with van der Waals surface area (Å²) in [5, 5.41) is 9.52. The van der Waals surface area contributed by atoms with Crippen molar-refractivity contribution in [1.29, 1.82) is 0 Å². The standard InChI is InChI=1S/C3H5F2N3O2/c1-7-2(6)3(4,5)8(9)10/h1H3,(H2,6,7). The van der Waals surface area contributed by atoms with Crippen molar-refractivity contribution in [3.63, 3.8) is 0 Å². The molecular formula is C3H5F2N3O2. The third-order valence-electron chi connectivity index (χ3n) is 0.778. The number of rotatable bonds is 2. The van der Waals surface area contributed by atoms with Crippen molar-refractivity contribution in [2.24, 2.45) is 10.7 Å². The molecule has 2 N–H and O–H groups in total. The zero-order chi connectivity index (χ0) is 8.36. The van der Waals surface area contributed by atoms with Gasteiger partial charge in [0.25, 0.3) is 0 Å². The minimum atomic E-state index is -4.24. The number of nitro groups is 1. The van der Waals surface area contributed by atoms with Crippen LogP contribution in [-0.4, -0.2) is 23.9 Å². The summed E-state index contributed by atoms with van der Waals surface area (Å²) in [5.41, 5.74) is 4.51. The van der Waals surface area contributed by atoms with E-state index in [-0.39, 0.29) is 0 Å². The molecule has 0 rings (SSSR count). The van der Waals surface area contributed by atoms with Crippen molar-refractivity contribution < 1.29 is 13.7 Å². The van der Waals surface area contributed by atoms with Crippen LogP contribution < -0.4 is 5.73 Å². The van der Waals surface area contributed by atoms with E-state index < -0.39 is 16.8 Å². The molecule has 0 unspecified atom stereocenters. The Hall–Kier alpha value is -1.27. The van der Waals surface area contributed by atoms with E-state index >= 15 is 0 Å². The fraction of sp³-hybridized carbons (Fsp3) is 0.667. The lowest BCUT2D eigenvalue weighted by Crippen LogP contribution is -2.42. The second-order valence-corrected chi connectivity index (χ2v) is 1.41. The summed E-state index contributed by atoms with van der Waals surface area (Å²) in [7, 11) is 0.951. The molecule has 0 aromatic carbocycles. The lowest BCUT2D eigenvalue weighted by atomic mass is 10.5. The summed E-state index contributed by atoms with van der Waals surface area (Å²) in [5.74, 6) is -1.29. The molecule has 0 aliphatic rings. The van der Waals surface area contributed by atoms with Gasteiger partial charge in [0.05, 0.1) is 0 Å². The van der Waals surface area contributed by atoms with E-state index in [0.29, 0.717) is 0 Å². The summed E-state index contributed by atoms with van der Waals surface area (Å²) in [6.07, 6.45) is 0. The van der Waals surface area contributed by atoms with Gasteiger partial charge in [-0.25, -0.2) is 0 Å². The van der Waals surface area contributed by atoms with Crippen LogP contribution in [0.15, 0.2) is 4.99 Å². The van der Waals surface area contributed by atoms with E-state index in [1.165, 1.54) is 0 Å². The van der Waals surface area contributed by atoms with Crippen molar-refractivity contribution in [2.45, 2.75) is 6.05 Å². The lowest BCUT2D eigenvalue weighted by Gasteiger charge is -2.03. The van der Waals surface area contributed by atoms with E-state index in [9.17, 15) is 18.9 Å². The number of aliphatic imine (C=N–C) groups is 1. The summed E-state index contributed by atoms with van der Waals surface area (Å²) in [6, 6.07) is -4.24. The van der Waals surface area contributed by atoms with Gasteiger partial charge in [-0.15, -0.1) is 8.78 Å². The van der Waals surface area contributed by atoms with E-state index in [0.717, 1.165) is 7.05 Å². The number of hydrogen-bond donors (Lipinski definition) is 1. The average Bonchev–Trinajstić information content (AvgIpc) is 1.86. The van der Waals surface area contributed by atoms with Gasteiger partial charge in [0.15, 0.2) is 0 Å². The number of amidine groups is 1. The van der Waals surface area contributed by atoms with Crippen LogP contribution in [0.4, 0.5) is 8.78 Å². The molecule has 0 aromatic rings. The van der Waals surface area contributed by atoms with E-state index in [1.807, 2.05) is 0 Å². The largest absolute Gasteiger partial charge is 0.571 e. The van der Waals surface area contributed by atoms with Crippen LogP contribution in [0.25, 0.3) is 0 Å². The van der Waals surface area contributed by atoms with Crippen LogP contribution in [0.1, 0.15) is 0 Å². The van der Waals surface area contributed by atoms with E-state index in [1.54, 1.807) is 0 Å². The Morgan fingerprint density at radius 3 is 2.30 bits per heavy atom. The summed E-state index contributed by atoms with van der Waals surface area (Å²) < 4.78 is 24.0. The van der Waals surface area contributed by atoms with Gasteiger partial charge < -0.3 is 5.73 Å². The Kier molecular flexibility index (Phi) is 2.22. The Morgan fingerprint density at radius 1 is 1.80 bits per heavy atom. The third kappa shape index (κ3) is 1.36. The van der Waals surface area contributed by atoms with E-state index in [2.05, 4.69) is 10.7 Å². The van der Waals surface area contributed by atoms with Crippen molar-refractivity contribution in [1.82, 2.24) is 0 Å². The summed E-state index contributed by atoms with van der Waals surface area (Å²) in [4.78, 5) is 10.5. The van der Waals surface area contributed by atoms with Gasteiger partial charge in [0, 0.05) is 7.05 Å². The summed E-state index contributed by atoms with van der Waals surface area (Å²) >= 11 is 0. The van der Waals surface area contributed by atoms with Gasteiger partial charge in [-0.1, -0.05) is 0 Å². The topological polar surface area (TPSA) is 81.5 Å². The zero-order valence-corrected chi connectivity index (χ0v) is 5.04. The Balaban J connectivity index is 4.56. The molecule has 0 spiro atoms. The highest BCUT2D eigenvalue weighted by Gasteiger charge is 2.49. The highest BCUT2D eigenvalue weighted by molar-refractivity contribution is 5.85. The van der Waals surface area contributed by atoms with Crippen molar-refractivity contribution in [3.05, 3.63) is 10.1 Å². The Bertz CT molecular complexity index is 179. The first kappa shape index (κ1) is 8.73. The molecule has 0 aliphatic heterocycles. The first-order chi connectivity index (χ1) is 4.42. The van der Waals surface area contributed by atoms with Gasteiger partial charge in [-0.05, 0) is 0 Å². The molecule has 0 radical (unpaired) electrons. The molecular weight excluding hydrogens is 148 g/mol. The second-order valence-electron chi connectivity index (χ2n) is 1.41. The van der Waals surface area contributed by atoms with Crippen LogP contribution >= 0.6 is 0 Å². The first-order valence-electron chi connectivity index (χ1n) is 2.18. The molecule has 0 fully saturated rings. The summed E-state index contributed by atoms with van der Waals surface area (Å²) in [6.45, 7) is 0. The zero-order valence-electron chi connectivity index (χ0n) is 5.04. The molecule has 0 saturated carbocycles. The predicted octanol–water partition coefficient (Wildman–Crippen LogP) is -0.157. The van der Waals surface area contributed by atoms with Crippen LogP contribution in [0.2, 0.25) is 0 Å². The number of hydrogen-bond acceptors (Lipinski definition) is 3. The van der Waals surface area contributed by atoms with Gasteiger partial charge in [0.1, 0.15) is 4.92 Å². The minimum absolute atomic E-state index is 0.951. The highest BCUT2D eigenvalue weighted by Crippen LogP contribution is 2.12. The molecule has 0 bridgehead atoms. The monoisotopic (exact) mass is 153 g/mol. The van der Waals surface area contributed by atoms with Crippen LogP contribution in [0, 0.1) is 10.1 Å². The van der Waals surface area contributed by atoms with Crippen LogP contribution in [0.3, 0.4) is 0 Å². The quantitative estimate of drug-likeness (QED) is 0.197. The SMILES string of the molecule is CN=C(N)C(F)(F)[N+](=O)[O-]. The number of halogens is 2. The first-order valence-corrected chi connectivity index (χ1v) is 2.18. The fourth-order valence-corrected chi connectivity index (χ4v) is 0.228. The van der Waals surface area contributed by atoms with E-state index in [4.69, 9.17) is 0 Å². The Morgan fingerprint density at radius 2 is 2.20 bits per heavy atom. The smallest absolute Gasteiger partial charge is 0.376 e. The average molecular weight is 153 g/mol. The van der Waals surface area contributed by atoms with Gasteiger partial charge in [0.2, 0.25) is 5.84 Å². The number of nitrogens with two attached hydrogens (primary N) is 1. The maximum Gasteiger partial charge on any atom is 0.571 e. The molecule has 58 valence electrons. The lowest BCUT2D eigenvalue weighted by molar-refractivity contribution is -0.617. The number of nitrogens with zero attached hydrogens (tertiary/aromatic N) is 2. The third-order valence-corrected chi connectivity index (χ3v) is 0.778. The van der Waals surface area contributed by atoms with Crippen molar-refractivity contribution in [3.8, 4) is 0 Å². The molecule has 0 atom stereocenters.